The summed E-state index contributed by atoms with van der Waals surface area (Å²) in [5, 5.41) is 11.1. The number of furan rings is 1. The number of benzene rings is 1. The Kier molecular flexibility index (Phi) is 4.59. The molecule has 1 aromatic carbocycles. The maximum atomic E-state index is 11.1. The van der Waals surface area contributed by atoms with Crippen LogP contribution in [0.1, 0.15) is 24.2 Å². The van der Waals surface area contributed by atoms with Gasteiger partial charge >= 0.3 is 0 Å². The highest BCUT2D eigenvalue weighted by atomic mass is 16.5. The highest BCUT2D eigenvalue weighted by Gasteiger charge is 2.34. The molecular formula is C18H23NO4. The molecule has 0 aliphatic carbocycles. The third kappa shape index (κ3) is 3.51. The normalized spacial score (nSPS) is 17.9. The van der Waals surface area contributed by atoms with Crippen molar-refractivity contribution in [1.29, 1.82) is 0 Å². The SMILES string of the molecule is COc1cc(OC)cc(C2(O)CCN(Cc3ccco3)CC2)c1. The molecule has 3 rings (SSSR count). The summed E-state index contributed by atoms with van der Waals surface area (Å²) in [6.45, 7) is 2.41. The molecule has 0 atom stereocenters. The average Bonchev–Trinajstić information content (AvgIpc) is 3.09. The van der Waals surface area contributed by atoms with Crippen molar-refractivity contribution in [3.63, 3.8) is 0 Å². The van der Waals surface area contributed by atoms with Gasteiger partial charge in [-0.2, -0.15) is 0 Å². The second-order valence-electron chi connectivity index (χ2n) is 5.99. The Balaban J connectivity index is 1.71. The van der Waals surface area contributed by atoms with Crippen LogP contribution in [-0.4, -0.2) is 37.3 Å². The van der Waals surface area contributed by atoms with Crippen LogP contribution in [0.15, 0.2) is 41.0 Å². The number of hydrogen-bond donors (Lipinski definition) is 1. The number of piperidine rings is 1. The Morgan fingerprint density at radius 3 is 2.30 bits per heavy atom. The van der Waals surface area contributed by atoms with Gasteiger partial charge in [0.15, 0.2) is 0 Å². The molecule has 1 fully saturated rings. The van der Waals surface area contributed by atoms with E-state index in [0.29, 0.717) is 24.3 Å². The van der Waals surface area contributed by atoms with Crippen molar-refractivity contribution in [1.82, 2.24) is 4.90 Å². The number of aliphatic hydroxyl groups is 1. The molecular weight excluding hydrogens is 294 g/mol. The minimum atomic E-state index is -0.846. The first-order chi connectivity index (χ1) is 11.1. The first kappa shape index (κ1) is 15.9. The molecule has 0 saturated carbocycles. The van der Waals surface area contributed by atoms with Crippen LogP contribution in [0.25, 0.3) is 0 Å². The summed E-state index contributed by atoms with van der Waals surface area (Å²) in [6.07, 6.45) is 3.03. The van der Waals surface area contributed by atoms with Gasteiger partial charge in [0.05, 0.1) is 32.6 Å². The molecule has 2 heterocycles. The van der Waals surface area contributed by atoms with Crippen LogP contribution in [0, 0.1) is 0 Å². The van der Waals surface area contributed by atoms with Gasteiger partial charge in [0.25, 0.3) is 0 Å². The minimum Gasteiger partial charge on any atom is -0.497 e. The smallest absolute Gasteiger partial charge is 0.122 e. The molecule has 2 aromatic rings. The third-order valence-corrected chi connectivity index (χ3v) is 4.53. The number of likely N-dealkylation sites (tertiary alicyclic amines) is 1. The van der Waals surface area contributed by atoms with Gasteiger partial charge in [-0.1, -0.05) is 0 Å². The summed E-state index contributed by atoms with van der Waals surface area (Å²) in [7, 11) is 3.24. The van der Waals surface area contributed by atoms with E-state index in [9.17, 15) is 5.11 Å². The summed E-state index contributed by atoms with van der Waals surface area (Å²) in [6, 6.07) is 9.49. The first-order valence-corrected chi connectivity index (χ1v) is 7.83. The van der Waals surface area contributed by atoms with E-state index in [1.807, 2.05) is 30.3 Å². The lowest BCUT2D eigenvalue weighted by Gasteiger charge is -2.38. The molecule has 5 heteroatoms. The summed E-state index contributed by atoms with van der Waals surface area (Å²) >= 11 is 0. The van der Waals surface area contributed by atoms with Crippen molar-refractivity contribution >= 4 is 0 Å². The molecule has 124 valence electrons. The van der Waals surface area contributed by atoms with E-state index in [1.54, 1.807) is 20.5 Å². The minimum absolute atomic E-state index is 0.671. The van der Waals surface area contributed by atoms with E-state index in [2.05, 4.69) is 4.90 Å². The number of rotatable bonds is 5. The molecule has 0 amide bonds. The predicted octanol–water partition coefficient (Wildman–Crippen LogP) is 2.78. The maximum absolute atomic E-state index is 11.1. The fraction of sp³-hybridized carbons (Fsp3) is 0.444. The lowest BCUT2D eigenvalue weighted by molar-refractivity contribution is -0.0291. The van der Waals surface area contributed by atoms with Gasteiger partial charge in [-0.15, -0.1) is 0 Å². The van der Waals surface area contributed by atoms with Crippen molar-refractivity contribution in [2.75, 3.05) is 27.3 Å². The number of hydrogen-bond acceptors (Lipinski definition) is 5. The third-order valence-electron chi connectivity index (χ3n) is 4.53. The van der Waals surface area contributed by atoms with Crippen molar-refractivity contribution in [3.8, 4) is 11.5 Å². The molecule has 1 N–H and O–H groups in total. The molecule has 0 bridgehead atoms. The standard InChI is InChI=1S/C18H23NO4/c1-21-16-10-14(11-17(12-16)22-2)18(20)5-7-19(8-6-18)13-15-4-3-9-23-15/h3-4,9-12,20H,5-8,13H2,1-2H3. The van der Waals surface area contributed by atoms with Crippen LogP contribution in [0.2, 0.25) is 0 Å². The molecule has 5 nitrogen and oxygen atoms in total. The van der Waals surface area contributed by atoms with Crippen LogP contribution in [-0.2, 0) is 12.1 Å². The van der Waals surface area contributed by atoms with Crippen molar-refractivity contribution in [3.05, 3.63) is 47.9 Å². The molecule has 0 unspecified atom stereocenters. The average molecular weight is 317 g/mol. The fourth-order valence-corrected chi connectivity index (χ4v) is 3.07. The second kappa shape index (κ2) is 6.64. The summed E-state index contributed by atoms with van der Waals surface area (Å²) in [5.41, 5.74) is 0.00735. The van der Waals surface area contributed by atoms with Gasteiger partial charge < -0.3 is 19.0 Å². The van der Waals surface area contributed by atoms with Crippen molar-refractivity contribution in [2.24, 2.45) is 0 Å². The van der Waals surface area contributed by atoms with Gasteiger partial charge in [0.2, 0.25) is 0 Å². The summed E-state index contributed by atoms with van der Waals surface area (Å²) < 4.78 is 16.0. The monoisotopic (exact) mass is 317 g/mol. The van der Waals surface area contributed by atoms with Crippen LogP contribution in [0.4, 0.5) is 0 Å². The van der Waals surface area contributed by atoms with E-state index in [4.69, 9.17) is 13.9 Å². The first-order valence-electron chi connectivity index (χ1n) is 7.83. The van der Waals surface area contributed by atoms with E-state index in [1.165, 1.54) is 0 Å². The number of methoxy groups -OCH3 is 2. The Hall–Kier alpha value is -1.98. The number of nitrogens with zero attached hydrogens (tertiary/aromatic N) is 1. The maximum Gasteiger partial charge on any atom is 0.122 e. The van der Waals surface area contributed by atoms with Crippen LogP contribution in [0.5, 0.6) is 11.5 Å². The zero-order chi connectivity index (χ0) is 16.3. The Morgan fingerprint density at radius 1 is 1.13 bits per heavy atom. The Bertz CT molecular complexity index is 608. The lowest BCUT2D eigenvalue weighted by atomic mass is 9.84. The molecule has 0 spiro atoms. The van der Waals surface area contributed by atoms with Crippen LogP contribution < -0.4 is 9.47 Å². The largest absolute Gasteiger partial charge is 0.497 e. The Labute approximate surface area is 136 Å². The molecule has 1 aromatic heterocycles. The summed E-state index contributed by atoms with van der Waals surface area (Å²) in [4.78, 5) is 2.30. The molecule has 1 aliphatic heterocycles. The van der Waals surface area contributed by atoms with Gasteiger partial charge in [-0.05, 0) is 42.7 Å². The highest BCUT2D eigenvalue weighted by molar-refractivity contribution is 5.41. The van der Waals surface area contributed by atoms with E-state index >= 15 is 0 Å². The summed E-state index contributed by atoms with van der Waals surface area (Å²) in [5.74, 6) is 2.36. The highest BCUT2D eigenvalue weighted by Crippen LogP contribution is 2.37. The van der Waals surface area contributed by atoms with Crippen LogP contribution >= 0.6 is 0 Å². The van der Waals surface area contributed by atoms with Gasteiger partial charge in [0.1, 0.15) is 17.3 Å². The van der Waals surface area contributed by atoms with Crippen molar-refractivity contribution < 1.29 is 19.0 Å². The van der Waals surface area contributed by atoms with E-state index < -0.39 is 5.60 Å². The lowest BCUT2D eigenvalue weighted by Crippen LogP contribution is -2.42. The zero-order valence-electron chi connectivity index (χ0n) is 13.6. The molecule has 0 radical (unpaired) electrons. The number of ether oxygens (including phenoxy) is 2. The van der Waals surface area contributed by atoms with Gasteiger partial charge in [-0.25, -0.2) is 0 Å². The molecule has 1 aliphatic rings. The second-order valence-corrected chi connectivity index (χ2v) is 5.99. The fourth-order valence-electron chi connectivity index (χ4n) is 3.07. The van der Waals surface area contributed by atoms with Crippen molar-refractivity contribution in [2.45, 2.75) is 25.0 Å². The van der Waals surface area contributed by atoms with Crippen LogP contribution in [0.3, 0.4) is 0 Å². The molecule has 1 saturated heterocycles. The van der Waals surface area contributed by atoms with Gasteiger partial charge in [-0.3, -0.25) is 4.90 Å². The quantitative estimate of drug-likeness (QED) is 0.919. The zero-order valence-corrected chi connectivity index (χ0v) is 13.6. The predicted molar refractivity (Wildman–Crippen MR) is 86.7 cm³/mol. The Morgan fingerprint density at radius 2 is 1.78 bits per heavy atom. The topological polar surface area (TPSA) is 55.1 Å². The van der Waals surface area contributed by atoms with Gasteiger partial charge in [0, 0.05) is 19.2 Å². The molecule has 23 heavy (non-hydrogen) atoms. The van der Waals surface area contributed by atoms with E-state index in [0.717, 1.165) is 31.0 Å². The van der Waals surface area contributed by atoms with E-state index in [-0.39, 0.29) is 0 Å².